The van der Waals surface area contributed by atoms with Gasteiger partial charge in [-0.1, -0.05) is 54.1 Å². The fourth-order valence-corrected chi connectivity index (χ4v) is 2.63. The van der Waals surface area contributed by atoms with Crippen LogP contribution in [0.1, 0.15) is 17.3 Å². The van der Waals surface area contributed by atoms with Crippen LogP contribution in [0.3, 0.4) is 0 Å². The van der Waals surface area contributed by atoms with Gasteiger partial charge in [-0.3, -0.25) is 4.79 Å². The summed E-state index contributed by atoms with van der Waals surface area (Å²) in [4.78, 5) is 24.4. The van der Waals surface area contributed by atoms with E-state index in [9.17, 15) is 9.59 Å². The molecule has 3 rings (SSSR count). The molecule has 0 aliphatic heterocycles. The number of rotatable bonds is 4. The molecule has 0 saturated heterocycles. The normalized spacial score (nSPS) is 11.8. The fraction of sp³-hybridized carbons (Fsp3) is 0.100. The molecular formula is C20H16ClNO3. The number of esters is 1. The van der Waals surface area contributed by atoms with Gasteiger partial charge in [0, 0.05) is 5.69 Å². The molecule has 5 heteroatoms. The van der Waals surface area contributed by atoms with Crippen molar-refractivity contribution >= 4 is 39.9 Å². The number of carbonyl (C=O) groups excluding carboxylic acids is 2. The highest BCUT2D eigenvalue weighted by Gasteiger charge is 2.20. The van der Waals surface area contributed by atoms with Crippen LogP contribution in [-0.2, 0) is 9.53 Å². The topological polar surface area (TPSA) is 55.4 Å². The van der Waals surface area contributed by atoms with Crippen LogP contribution in [0.4, 0.5) is 5.69 Å². The molecule has 0 fully saturated rings. The highest BCUT2D eigenvalue weighted by molar-refractivity contribution is 6.33. The van der Waals surface area contributed by atoms with E-state index in [-0.39, 0.29) is 10.6 Å². The van der Waals surface area contributed by atoms with Gasteiger partial charge in [-0.15, -0.1) is 0 Å². The maximum Gasteiger partial charge on any atom is 0.340 e. The first kappa shape index (κ1) is 17.0. The fourth-order valence-electron chi connectivity index (χ4n) is 2.42. The Morgan fingerprint density at radius 1 is 0.960 bits per heavy atom. The number of amides is 1. The lowest BCUT2D eigenvalue weighted by molar-refractivity contribution is -0.123. The quantitative estimate of drug-likeness (QED) is 0.693. The standard InChI is InChI=1S/C20H16ClNO3/c1-13(25-20(24)17-8-4-5-9-18(17)21)19(23)22-16-11-10-14-6-2-3-7-15(14)12-16/h2-13H,1H3,(H,22,23)/t13-/m0/s1. The Hall–Kier alpha value is -2.85. The lowest BCUT2D eigenvalue weighted by Crippen LogP contribution is -2.30. The minimum Gasteiger partial charge on any atom is -0.449 e. The first-order chi connectivity index (χ1) is 12.0. The van der Waals surface area contributed by atoms with Gasteiger partial charge in [-0.05, 0) is 42.0 Å². The molecule has 25 heavy (non-hydrogen) atoms. The largest absolute Gasteiger partial charge is 0.449 e. The van der Waals surface area contributed by atoms with Crippen molar-refractivity contribution in [3.05, 3.63) is 77.3 Å². The number of halogens is 1. The number of fused-ring (bicyclic) bond motifs is 1. The molecule has 0 heterocycles. The van der Waals surface area contributed by atoms with Crippen LogP contribution >= 0.6 is 11.6 Å². The zero-order valence-corrected chi connectivity index (χ0v) is 14.3. The molecule has 3 aromatic rings. The van der Waals surface area contributed by atoms with E-state index in [2.05, 4.69) is 5.32 Å². The SMILES string of the molecule is C[C@H](OC(=O)c1ccccc1Cl)C(=O)Nc1ccc2ccccc2c1. The van der Waals surface area contributed by atoms with Crippen LogP contribution in [0.2, 0.25) is 5.02 Å². The number of carbonyl (C=O) groups is 2. The maximum absolute atomic E-state index is 12.3. The van der Waals surface area contributed by atoms with Gasteiger partial charge >= 0.3 is 5.97 Å². The van der Waals surface area contributed by atoms with Gasteiger partial charge in [0.1, 0.15) is 0 Å². The van der Waals surface area contributed by atoms with E-state index < -0.39 is 18.0 Å². The number of ether oxygens (including phenoxy) is 1. The van der Waals surface area contributed by atoms with Gasteiger partial charge in [0.25, 0.3) is 5.91 Å². The number of hydrogen-bond donors (Lipinski definition) is 1. The molecule has 3 aromatic carbocycles. The van der Waals surface area contributed by atoms with Crippen LogP contribution in [0.5, 0.6) is 0 Å². The Kier molecular flexibility index (Phi) is 5.00. The molecule has 0 aliphatic carbocycles. The molecule has 0 aromatic heterocycles. The molecule has 4 nitrogen and oxygen atoms in total. The average molecular weight is 354 g/mol. The molecule has 0 radical (unpaired) electrons. The average Bonchev–Trinajstić information content (AvgIpc) is 2.61. The summed E-state index contributed by atoms with van der Waals surface area (Å²) < 4.78 is 5.20. The second-order valence-electron chi connectivity index (χ2n) is 5.58. The minimum atomic E-state index is -0.949. The summed E-state index contributed by atoms with van der Waals surface area (Å²) >= 11 is 5.97. The second-order valence-corrected chi connectivity index (χ2v) is 5.99. The van der Waals surface area contributed by atoms with E-state index in [1.165, 1.54) is 6.92 Å². The van der Waals surface area contributed by atoms with Crippen molar-refractivity contribution in [2.45, 2.75) is 13.0 Å². The summed E-state index contributed by atoms with van der Waals surface area (Å²) in [5.74, 6) is -1.04. The van der Waals surface area contributed by atoms with Gasteiger partial charge in [0.15, 0.2) is 6.10 Å². The molecule has 0 aliphatic rings. The van der Waals surface area contributed by atoms with E-state index in [4.69, 9.17) is 16.3 Å². The third-order valence-corrected chi connectivity index (χ3v) is 4.09. The monoisotopic (exact) mass is 353 g/mol. The van der Waals surface area contributed by atoms with Crippen LogP contribution in [0.25, 0.3) is 10.8 Å². The summed E-state index contributed by atoms with van der Waals surface area (Å²) in [6.07, 6.45) is -0.949. The molecule has 1 atom stereocenters. The molecular weight excluding hydrogens is 338 g/mol. The summed E-state index contributed by atoms with van der Waals surface area (Å²) in [6, 6.07) is 20.0. The van der Waals surface area contributed by atoms with Crippen molar-refractivity contribution in [3.63, 3.8) is 0 Å². The predicted octanol–water partition coefficient (Wildman–Crippen LogP) is 4.68. The van der Waals surface area contributed by atoms with Gasteiger partial charge in [0.05, 0.1) is 10.6 Å². The number of hydrogen-bond acceptors (Lipinski definition) is 3. The zero-order valence-electron chi connectivity index (χ0n) is 13.5. The smallest absolute Gasteiger partial charge is 0.340 e. The highest BCUT2D eigenvalue weighted by atomic mass is 35.5. The van der Waals surface area contributed by atoms with Gasteiger partial charge in [0.2, 0.25) is 0 Å². The first-order valence-electron chi connectivity index (χ1n) is 7.80. The lowest BCUT2D eigenvalue weighted by Gasteiger charge is -2.14. The van der Waals surface area contributed by atoms with E-state index in [0.29, 0.717) is 5.69 Å². The summed E-state index contributed by atoms with van der Waals surface area (Å²) in [6.45, 7) is 1.52. The van der Waals surface area contributed by atoms with E-state index in [1.807, 2.05) is 42.5 Å². The first-order valence-corrected chi connectivity index (χ1v) is 8.17. The zero-order chi connectivity index (χ0) is 17.8. The number of nitrogens with one attached hydrogen (secondary N) is 1. The minimum absolute atomic E-state index is 0.231. The van der Waals surface area contributed by atoms with Crippen LogP contribution in [0.15, 0.2) is 66.7 Å². The van der Waals surface area contributed by atoms with Crippen molar-refractivity contribution in [1.29, 1.82) is 0 Å². The van der Waals surface area contributed by atoms with E-state index >= 15 is 0 Å². The van der Waals surface area contributed by atoms with Crippen molar-refractivity contribution in [2.24, 2.45) is 0 Å². The van der Waals surface area contributed by atoms with Crippen LogP contribution < -0.4 is 5.32 Å². The molecule has 0 saturated carbocycles. The van der Waals surface area contributed by atoms with E-state index in [1.54, 1.807) is 24.3 Å². The van der Waals surface area contributed by atoms with Crippen molar-refractivity contribution < 1.29 is 14.3 Å². The molecule has 1 N–H and O–H groups in total. The Balaban J connectivity index is 1.67. The third-order valence-electron chi connectivity index (χ3n) is 3.76. The predicted molar refractivity (Wildman–Crippen MR) is 98.9 cm³/mol. The Morgan fingerprint density at radius 2 is 1.64 bits per heavy atom. The second kappa shape index (κ2) is 7.36. The third kappa shape index (κ3) is 3.98. The number of anilines is 1. The Bertz CT molecular complexity index is 939. The van der Waals surface area contributed by atoms with Crippen molar-refractivity contribution in [2.75, 3.05) is 5.32 Å². The lowest BCUT2D eigenvalue weighted by atomic mass is 10.1. The summed E-state index contributed by atoms with van der Waals surface area (Å²) in [5.41, 5.74) is 0.874. The molecule has 126 valence electrons. The van der Waals surface area contributed by atoms with Crippen LogP contribution in [0, 0.1) is 0 Å². The van der Waals surface area contributed by atoms with Crippen molar-refractivity contribution in [1.82, 2.24) is 0 Å². The summed E-state index contributed by atoms with van der Waals surface area (Å²) in [7, 11) is 0. The Morgan fingerprint density at radius 3 is 2.40 bits per heavy atom. The van der Waals surface area contributed by atoms with Gasteiger partial charge in [-0.2, -0.15) is 0 Å². The van der Waals surface area contributed by atoms with Gasteiger partial charge < -0.3 is 10.1 Å². The molecule has 1 amide bonds. The number of benzene rings is 3. The van der Waals surface area contributed by atoms with E-state index in [0.717, 1.165) is 10.8 Å². The Labute approximate surface area is 150 Å². The molecule has 0 bridgehead atoms. The van der Waals surface area contributed by atoms with Gasteiger partial charge in [-0.25, -0.2) is 4.79 Å². The molecule has 0 spiro atoms. The maximum atomic E-state index is 12.3. The summed E-state index contributed by atoms with van der Waals surface area (Å²) in [5, 5.41) is 5.14. The van der Waals surface area contributed by atoms with Crippen molar-refractivity contribution in [3.8, 4) is 0 Å². The molecule has 0 unspecified atom stereocenters. The highest BCUT2D eigenvalue weighted by Crippen LogP contribution is 2.20. The van der Waals surface area contributed by atoms with Crippen LogP contribution in [-0.4, -0.2) is 18.0 Å².